The molecule has 1 saturated heterocycles. The lowest BCUT2D eigenvalue weighted by molar-refractivity contribution is -0.114. The number of rotatable bonds is 3. The number of carbonyl (C=O) groups is 1. The first kappa shape index (κ1) is 15.6. The standard InChI is InChI=1S/C16H19FN4O2/c1-10(22)19-11-6-7-13(17)12(9-11)16-20-15(21-23-16)14-5-3-2-4-8-18-14/h6-7,9,14,18H,2-5,8H2,1H3,(H,19,22). The van der Waals surface area contributed by atoms with Crippen LogP contribution in [0.2, 0.25) is 0 Å². The zero-order valence-corrected chi connectivity index (χ0v) is 12.9. The highest BCUT2D eigenvalue weighted by atomic mass is 19.1. The molecule has 1 aliphatic rings. The van der Waals surface area contributed by atoms with Crippen molar-refractivity contribution in [3.8, 4) is 11.5 Å². The van der Waals surface area contributed by atoms with E-state index in [1.165, 1.54) is 31.5 Å². The lowest BCUT2D eigenvalue weighted by Gasteiger charge is -2.10. The molecule has 0 radical (unpaired) electrons. The van der Waals surface area contributed by atoms with Crippen LogP contribution in [0.1, 0.15) is 44.5 Å². The topological polar surface area (TPSA) is 80.0 Å². The number of amides is 1. The number of carbonyl (C=O) groups excluding carboxylic acids is 1. The Kier molecular flexibility index (Phi) is 4.66. The fraction of sp³-hybridized carbons (Fsp3) is 0.438. The fourth-order valence-electron chi connectivity index (χ4n) is 2.70. The van der Waals surface area contributed by atoms with Gasteiger partial charge in [0, 0.05) is 12.6 Å². The molecule has 122 valence electrons. The number of hydrogen-bond donors (Lipinski definition) is 2. The molecule has 1 unspecified atom stereocenters. The first-order chi connectivity index (χ1) is 11.1. The van der Waals surface area contributed by atoms with Gasteiger partial charge in [0.1, 0.15) is 5.82 Å². The molecule has 7 heteroatoms. The molecule has 0 bridgehead atoms. The number of nitrogens with zero attached hydrogens (tertiary/aromatic N) is 2. The molecule has 23 heavy (non-hydrogen) atoms. The van der Waals surface area contributed by atoms with Crippen LogP contribution >= 0.6 is 0 Å². The van der Waals surface area contributed by atoms with Crippen LogP contribution in [0.15, 0.2) is 22.7 Å². The monoisotopic (exact) mass is 318 g/mol. The smallest absolute Gasteiger partial charge is 0.261 e. The predicted molar refractivity (Wildman–Crippen MR) is 83.2 cm³/mol. The third-order valence-corrected chi connectivity index (χ3v) is 3.83. The van der Waals surface area contributed by atoms with Crippen LogP contribution < -0.4 is 10.6 Å². The molecule has 6 nitrogen and oxygen atoms in total. The minimum absolute atomic E-state index is 0.0385. The second-order valence-electron chi connectivity index (χ2n) is 5.69. The van der Waals surface area contributed by atoms with Crippen LogP contribution in [-0.4, -0.2) is 22.6 Å². The van der Waals surface area contributed by atoms with E-state index in [2.05, 4.69) is 20.8 Å². The Morgan fingerprint density at radius 3 is 3.09 bits per heavy atom. The molecule has 1 aromatic carbocycles. The molecule has 3 rings (SSSR count). The van der Waals surface area contributed by atoms with E-state index < -0.39 is 5.82 Å². The SMILES string of the molecule is CC(=O)Nc1ccc(F)c(-c2nc(C3CCCCCN3)no2)c1. The van der Waals surface area contributed by atoms with Crippen molar-refractivity contribution in [2.24, 2.45) is 0 Å². The average molecular weight is 318 g/mol. The van der Waals surface area contributed by atoms with Gasteiger partial charge in [-0.25, -0.2) is 4.39 Å². The number of benzene rings is 1. The zero-order chi connectivity index (χ0) is 16.2. The maximum Gasteiger partial charge on any atom is 0.261 e. The van der Waals surface area contributed by atoms with Crippen LogP contribution in [0.25, 0.3) is 11.5 Å². The van der Waals surface area contributed by atoms with Crippen LogP contribution in [0.5, 0.6) is 0 Å². The molecular formula is C16H19FN4O2. The molecule has 1 amide bonds. The van der Waals surface area contributed by atoms with Gasteiger partial charge in [-0.15, -0.1) is 0 Å². The van der Waals surface area contributed by atoms with E-state index in [9.17, 15) is 9.18 Å². The summed E-state index contributed by atoms with van der Waals surface area (Å²) >= 11 is 0. The maximum atomic E-state index is 14.1. The van der Waals surface area contributed by atoms with Crippen LogP contribution in [0.4, 0.5) is 10.1 Å². The van der Waals surface area contributed by atoms with Crippen molar-refractivity contribution >= 4 is 11.6 Å². The lowest BCUT2D eigenvalue weighted by atomic mass is 10.1. The summed E-state index contributed by atoms with van der Waals surface area (Å²) < 4.78 is 19.3. The Morgan fingerprint density at radius 2 is 2.26 bits per heavy atom. The molecule has 1 aliphatic heterocycles. The molecule has 0 aliphatic carbocycles. The second-order valence-corrected chi connectivity index (χ2v) is 5.69. The number of anilines is 1. The van der Waals surface area contributed by atoms with Gasteiger partial charge < -0.3 is 15.2 Å². The highest BCUT2D eigenvalue weighted by Crippen LogP contribution is 2.27. The minimum Gasteiger partial charge on any atom is -0.334 e. The van der Waals surface area contributed by atoms with E-state index >= 15 is 0 Å². The van der Waals surface area contributed by atoms with Gasteiger partial charge >= 0.3 is 0 Å². The van der Waals surface area contributed by atoms with Crippen LogP contribution in [0.3, 0.4) is 0 Å². The number of hydrogen-bond acceptors (Lipinski definition) is 5. The van der Waals surface area contributed by atoms with Crippen molar-refractivity contribution in [3.63, 3.8) is 0 Å². The number of halogens is 1. The van der Waals surface area contributed by atoms with Crippen molar-refractivity contribution < 1.29 is 13.7 Å². The largest absolute Gasteiger partial charge is 0.334 e. The van der Waals surface area contributed by atoms with Gasteiger partial charge in [-0.1, -0.05) is 18.0 Å². The van der Waals surface area contributed by atoms with E-state index in [0.717, 1.165) is 25.8 Å². The van der Waals surface area contributed by atoms with E-state index in [4.69, 9.17) is 4.52 Å². The Hall–Kier alpha value is -2.28. The summed E-state index contributed by atoms with van der Waals surface area (Å²) in [6.45, 7) is 2.31. The summed E-state index contributed by atoms with van der Waals surface area (Å²) in [4.78, 5) is 15.5. The molecule has 2 heterocycles. The molecule has 0 saturated carbocycles. The molecule has 2 aromatic rings. The molecule has 1 aromatic heterocycles. The summed E-state index contributed by atoms with van der Waals surface area (Å²) in [6.07, 6.45) is 4.36. The van der Waals surface area contributed by atoms with E-state index in [1.807, 2.05) is 0 Å². The van der Waals surface area contributed by atoms with Gasteiger partial charge in [-0.05, 0) is 37.6 Å². The molecule has 0 spiro atoms. The van der Waals surface area contributed by atoms with Gasteiger partial charge in [-0.3, -0.25) is 4.79 Å². The first-order valence-corrected chi connectivity index (χ1v) is 7.78. The normalized spacial score (nSPS) is 18.4. The van der Waals surface area contributed by atoms with Gasteiger partial charge in [-0.2, -0.15) is 4.98 Å². The summed E-state index contributed by atoms with van der Waals surface area (Å²) in [7, 11) is 0. The third-order valence-electron chi connectivity index (χ3n) is 3.83. The number of nitrogens with one attached hydrogen (secondary N) is 2. The summed E-state index contributed by atoms with van der Waals surface area (Å²) in [5.41, 5.74) is 0.671. The maximum absolute atomic E-state index is 14.1. The van der Waals surface area contributed by atoms with E-state index in [0.29, 0.717) is 11.5 Å². The zero-order valence-electron chi connectivity index (χ0n) is 12.9. The Labute approximate surface area is 133 Å². The molecule has 1 fully saturated rings. The fourth-order valence-corrected chi connectivity index (χ4v) is 2.70. The second kappa shape index (κ2) is 6.87. The first-order valence-electron chi connectivity index (χ1n) is 7.78. The van der Waals surface area contributed by atoms with Gasteiger partial charge in [0.15, 0.2) is 5.82 Å². The Bertz CT molecular complexity index is 693. The predicted octanol–water partition coefficient (Wildman–Crippen LogP) is 3.04. The average Bonchev–Trinajstić information content (AvgIpc) is 2.84. The highest BCUT2D eigenvalue weighted by molar-refractivity contribution is 5.89. The molecule has 1 atom stereocenters. The van der Waals surface area contributed by atoms with Crippen molar-refractivity contribution in [1.82, 2.24) is 15.5 Å². The molecule has 2 N–H and O–H groups in total. The van der Waals surface area contributed by atoms with Gasteiger partial charge in [0.05, 0.1) is 11.6 Å². The van der Waals surface area contributed by atoms with Gasteiger partial charge in [0.2, 0.25) is 5.91 Å². The quantitative estimate of drug-likeness (QED) is 0.909. The van der Waals surface area contributed by atoms with Crippen LogP contribution in [-0.2, 0) is 4.79 Å². The number of aromatic nitrogens is 2. The van der Waals surface area contributed by atoms with Crippen molar-refractivity contribution in [1.29, 1.82) is 0 Å². The van der Waals surface area contributed by atoms with Gasteiger partial charge in [0.25, 0.3) is 5.89 Å². The van der Waals surface area contributed by atoms with Crippen molar-refractivity contribution in [3.05, 3.63) is 29.8 Å². The highest BCUT2D eigenvalue weighted by Gasteiger charge is 2.21. The molecular weight excluding hydrogens is 299 g/mol. The summed E-state index contributed by atoms with van der Waals surface area (Å²) in [5.74, 6) is -0.0264. The van der Waals surface area contributed by atoms with Crippen LogP contribution in [0, 0.1) is 5.82 Å². The summed E-state index contributed by atoms with van der Waals surface area (Å²) in [6, 6.07) is 4.30. The lowest BCUT2D eigenvalue weighted by Crippen LogP contribution is -2.21. The minimum atomic E-state index is -0.469. The van der Waals surface area contributed by atoms with Crippen molar-refractivity contribution in [2.75, 3.05) is 11.9 Å². The Morgan fingerprint density at radius 1 is 1.39 bits per heavy atom. The van der Waals surface area contributed by atoms with E-state index in [-0.39, 0.29) is 23.4 Å². The summed E-state index contributed by atoms with van der Waals surface area (Å²) in [5, 5.41) is 9.98. The van der Waals surface area contributed by atoms with Crippen molar-refractivity contribution in [2.45, 2.75) is 38.6 Å². The Balaban J connectivity index is 1.85. The third kappa shape index (κ3) is 3.73. The van der Waals surface area contributed by atoms with E-state index in [1.54, 1.807) is 0 Å².